The zero-order valence-electron chi connectivity index (χ0n) is 19.7. The quantitative estimate of drug-likeness (QED) is 0.488. The number of carbonyl (C=O) groups excluding carboxylic acids is 1. The van der Waals surface area contributed by atoms with Crippen molar-refractivity contribution in [1.29, 1.82) is 0 Å². The first kappa shape index (κ1) is 23.6. The standard InChI is InChI=1S/C23H29N7O4S/c1-18-16-21(30-23(26-18)24-17-25-30)27-8-10-28(11-9-27)22(31)7-4-19-2-5-20(6-3-19)35(32,33)29-12-14-34-15-13-29/h2-3,5-6,16-17H,4,7-15H2,1H3. The van der Waals surface area contributed by atoms with Crippen LogP contribution in [0.1, 0.15) is 17.7 Å². The second kappa shape index (κ2) is 9.88. The van der Waals surface area contributed by atoms with Gasteiger partial charge >= 0.3 is 0 Å². The van der Waals surface area contributed by atoms with E-state index < -0.39 is 10.0 Å². The van der Waals surface area contributed by atoms with Gasteiger partial charge in [0.15, 0.2) is 0 Å². The smallest absolute Gasteiger partial charge is 0.254 e. The molecule has 0 unspecified atom stereocenters. The monoisotopic (exact) mass is 499 g/mol. The number of piperazine rings is 1. The largest absolute Gasteiger partial charge is 0.379 e. The van der Waals surface area contributed by atoms with Crippen LogP contribution >= 0.6 is 0 Å². The molecule has 2 aliphatic heterocycles. The number of rotatable bonds is 6. The number of aromatic nitrogens is 4. The van der Waals surface area contributed by atoms with E-state index in [4.69, 9.17) is 4.74 Å². The normalized spacial score (nSPS) is 17.7. The Morgan fingerprint density at radius 2 is 1.74 bits per heavy atom. The minimum Gasteiger partial charge on any atom is -0.379 e. The van der Waals surface area contributed by atoms with Crippen LogP contribution in [-0.2, 0) is 26.0 Å². The lowest BCUT2D eigenvalue weighted by molar-refractivity contribution is -0.131. The summed E-state index contributed by atoms with van der Waals surface area (Å²) in [6.45, 7) is 6.19. The Balaban J connectivity index is 1.14. The van der Waals surface area contributed by atoms with E-state index in [1.54, 1.807) is 28.8 Å². The number of carbonyl (C=O) groups is 1. The number of anilines is 1. The average Bonchev–Trinajstić information content (AvgIpc) is 3.36. The van der Waals surface area contributed by atoms with E-state index >= 15 is 0 Å². The molecule has 0 saturated carbocycles. The second-order valence-electron chi connectivity index (χ2n) is 8.76. The average molecular weight is 500 g/mol. The predicted octanol–water partition coefficient (Wildman–Crippen LogP) is 0.735. The van der Waals surface area contributed by atoms with Crippen molar-refractivity contribution in [2.45, 2.75) is 24.7 Å². The molecule has 2 aromatic heterocycles. The van der Waals surface area contributed by atoms with Crippen LogP contribution in [0.2, 0.25) is 0 Å². The molecule has 0 radical (unpaired) electrons. The van der Waals surface area contributed by atoms with Crippen LogP contribution in [0.4, 0.5) is 5.82 Å². The van der Waals surface area contributed by atoms with Gasteiger partial charge in [-0.2, -0.15) is 18.9 Å². The first-order valence-electron chi connectivity index (χ1n) is 11.8. The molecule has 0 bridgehead atoms. The fourth-order valence-electron chi connectivity index (χ4n) is 4.49. The third-order valence-corrected chi connectivity index (χ3v) is 8.39. The first-order chi connectivity index (χ1) is 16.9. The molecule has 2 saturated heterocycles. The summed E-state index contributed by atoms with van der Waals surface area (Å²) >= 11 is 0. The van der Waals surface area contributed by atoms with Gasteiger partial charge in [-0.15, -0.1) is 0 Å². The van der Waals surface area contributed by atoms with Gasteiger partial charge in [-0.05, 0) is 31.0 Å². The molecule has 0 spiro atoms. The van der Waals surface area contributed by atoms with Crippen LogP contribution in [0.25, 0.3) is 5.78 Å². The molecule has 0 N–H and O–H groups in total. The van der Waals surface area contributed by atoms with Crippen molar-refractivity contribution in [2.24, 2.45) is 0 Å². The Hall–Kier alpha value is -3.09. The number of hydrogen-bond donors (Lipinski definition) is 0. The number of benzene rings is 1. The SMILES string of the molecule is Cc1cc(N2CCN(C(=O)CCc3ccc(S(=O)(=O)N4CCOCC4)cc3)CC2)n2ncnc2n1. The van der Waals surface area contributed by atoms with Gasteiger partial charge in [0, 0.05) is 57.4 Å². The molecule has 1 amide bonds. The van der Waals surface area contributed by atoms with Crippen LogP contribution in [0.15, 0.2) is 41.6 Å². The summed E-state index contributed by atoms with van der Waals surface area (Å²) < 4.78 is 34.0. The van der Waals surface area contributed by atoms with Gasteiger partial charge < -0.3 is 14.5 Å². The van der Waals surface area contributed by atoms with Gasteiger partial charge in [-0.1, -0.05) is 12.1 Å². The van der Waals surface area contributed by atoms with Crippen molar-refractivity contribution in [3.05, 3.63) is 47.9 Å². The van der Waals surface area contributed by atoms with Crippen molar-refractivity contribution in [3.8, 4) is 0 Å². The Labute approximate surface area is 204 Å². The number of amides is 1. The molecule has 0 atom stereocenters. The molecule has 1 aromatic carbocycles. The highest BCUT2D eigenvalue weighted by atomic mass is 32.2. The first-order valence-corrected chi connectivity index (χ1v) is 13.2. The van der Waals surface area contributed by atoms with Gasteiger partial charge in [-0.25, -0.2) is 13.4 Å². The molecular weight excluding hydrogens is 470 g/mol. The minimum atomic E-state index is -3.51. The highest BCUT2D eigenvalue weighted by Gasteiger charge is 2.26. The van der Waals surface area contributed by atoms with Crippen LogP contribution in [0, 0.1) is 6.92 Å². The van der Waals surface area contributed by atoms with E-state index in [-0.39, 0.29) is 10.8 Å². The Morgan fingerprint density at radius 3 is 2.46 bits per heavy atom. The summed E-state index contributed by atoms with van der Waals surface area (Å²) in [7, 11) is -3.51. The van der Waals surface area contributed by atoms with Crippen LogP contribution in [0.3, 0.4) is 0 Å². The maximum absolute atomic E-state index is 12.8. The Bertz CT molecular complexity index is 1300. The Morgan fingerprint density at radius 1 is 1.03 bits per heavy atom. The molecular formula is C23H29N7O4S. The molecule has 2 aliphatic rings. The number of aryl methyl sites for hydroxylation is 2. The molecule has 3 aromatic rings. The molecule has 5 rings (SSSR count). The number of nitrogens with zero attached hydrogens (tertiary/aromatic N) is 7. The number of fused-ring (bicyclic) bond motifs is 1. The van der Waals surface area contributed by atoms with Gasteiger partial charge in [0.2, 0.25) is 15.9 Å². The second-order valence-corrected chi connectivity index (χ2v) is 10.7. The molecule has 2 fully saturated rings. The lowest BCUT2D eigenvalue weighted by atomic mass is 10.1. The van der Waals surface area contributed by atoms with Crippen LogP contribution in [0.5, 0.6) is 0 Å². The number of morpholine rings is 1. The molecule has 4 heterocycles. The van der Waals surface area contributed by atoms with E-state index in [2.05, 4.69) is 20.0 Å². The van der Waals surface area contributed by atoms with Crippen molar-refractivity contribution in [1.82, 2.24) is 28.8 Å². The molecule has 12 heteroatoms. The Kier molecular flexibility index (Phi) is 6.67. The van der Waals surface area contributed by atoms with Crippen LogP contribution < -0.4 is 4.90 Å². The van der Waals surface area contributed by atoms with E-state index in [0.29, 0.717) is 71.1 Å². The highest BCUT2D eigenvalue weighted by Crippen LogP contribution is 2.20. The number of hydrogen-bond acceptors (Lipinski definition) is 8. The van der Waals surface area contributed by atoms with E-state index in [9.17, 15) is 13.2 Å². The van der Waals surface area contributed by atoms with Crippen LogP contribution in [-0.4, -0.2) is 95.6 Å². The lowest BCUT2D eigenvalue weighted by Gasteiger charge is -2.36. The van der Waals surface area contributed by atoms with E-state index in [1.165, 1.54) is 10.6 Å². The van der Waals surface area contributed by atoms with Gasteiger partial charge in [-0.3, -0.25) is 4.79 Å². The van der Waals surface area contributed by atoms with Gasteiger partial charge in [0.25, 0.3) is 5.78 Å². The van der Waals surface area contributed by atoms with Gasteiger partial charge in [0.1, 0.15) is 12.1 Å². The summed E-state index contributed by atoms with van der Waals surface area (Å²) in [5.74, 6) is 1.61. The molecule has 35 heavy (non-hydrogen) atoms. The zero-order valence-corrected chi connectivity index (χ0v) is 20.5. The topological polar surface area (TPSA) is 113 Å². The summed E-state index contributed by atoms with van der Waals surface area (Å²) in [6.07, 6.45) is 2.45. The summed E-state index contributed by atoms with van der Waals surface area (Å²) in [5.41, 5.74) is 1.82. The maximum atomic E-state index is 12.8. The zero-order chi connectivity index (χ0) is 24.4. The number of sulfonamides is 1. The third-order valence-electron chi connectivity index (χ3n) is 6.48. The fraction of sp³-hybridized carbons (Fsp3) is 0.478. The van der Waals surface area contributed by atoms with Crippen molar-refractivity contribution in [3.63, 3.8) is 0 Å². The maximum Gasteiger partial charge on any atom is 0.254 e. The highest BCUT2D eigenvalue weighted by molar-refractivity contribution is 7.89. The summed E-state index contributed by atoms with van der Waals surface area (Å²) in [4.78, 5) is 25.8. The molecule has 186 valence electrons. The van der Waals surface area contributed by atoms with Gasteiger partial charge in [0.05, 0.1) is 18.1 Å². The summed E-state index contributed by atoms with van der Waals surface area (Å²) in [6, 6.07) is 8.85. The summed E-state index contributed by atoms with van der Waals surface area (Å²) in [5, 5.41) is 4.27. The van der Waals surface area contributed by atoms with Crippen molar-refractivity contribution in [2.75, 3.05) is 57.4 Å². The van der Waals surface area contributed by atoms with E-state index in [1.807, 2.05) is 17.9 Å². The lowest BCUT2D eigenvalue weighted by Crippen LogP contribution is -2.49. The molecule has 11 nitrogen and oxygen atoms in total. The van der Waals surface area contributed by atoms with E-state index in [0.717, 1.165) is 17.1 Å². The number of ether oxygens (including phenoxy) is 1. The minimum absolute atomic E-state index is 0.103. The predicted molar refractivity (Wildman–Crippen MR) is 129 cm³/mol. The fourth-order valence-corrected chi connectivity index (χ4v) is 5.90. The molecule has 0 aliphatic carbocycles. The van der Waals surface area contributed by atoms with Crippen molar-refractivity contribution >= 4 is 27.5 Å². The van der Waals surface area contributed by atoms with Crippen molar-refractivity contribution < 1.29 is 17.9 Å². The third kappa shape index (κ3) is 5.00.